The van der Waals surface area contributed by atoms with Crippen molar-refractivity contribution in [3.05, 3.63) is 71.8 Å². The summed E-state index contributed by atoms with van der Waals surface area (Å²) in [5, 5.41) is 3.39. The lowest BCUT2D eigenvalue weighted by atomic mass is 10.1. The van der Waals surface area contributed by atoms with Crippen LogP contribution in [0.4, 0.5) is 0 Å². The molecule has 0 spiro atoms. The molecule has 0 radical (unpaired) electrons. The number of benzene rings is 2. The SMILES string of the molecule is c1ccc(CCCOCCNCc2ccccc2)cc1. The summed E-state index contributed by atoms with van der Waals surface area (Å²) in [6, 6.07) is 21.0. The van der Waals surface area contributed by atoms with Gasteiger partial charge in [0.15, 0.2) is 0 Å². The van der Waals surface area contributed by atoms with Gasteiger partial charge in [-0.2, -0.15) is 0 Å². The van der Waals surface area contributed by atoms with Crippen molar-refractivity contribution in [3.63, 3.8) is 0 Å². The van der Waals surface area contributed by atoms with Crippen LogP contribution in [0.3, 0.4) is 0 Å². The second-order valence-corrected chi connectivity index (χ2v) is 4.86. The first-order chi connectivity index (χ1) is 9.95. The van der Waals surface area contributed by atoms with Crippen LogP contribution in [-0.2, 0) is 17.7 Å². The smallest absolute Gasteiger partial charge is 0.0591 e. The molecule has 2 aromatic carbocycles. The van der Waals surface area contributed by atoms with Gasteiger partial charge in [0, 0.05) is 19.7 Å². The number of nitrogens with one attached hydrogen (secondary N) is 1. The van der Waals surface area contributed by atoms with Crippen molar-refractivity contribution in [2.24, 2.45) is 0 Å². The van der Waals surface area contributed by atoms with E-state index in [0.29, 0.717) is 0 Å². The van der Waals surface area contributed by atoms with E-state index < -0.39 is 0 Å². The summed E-state index contributed by atoms with van der Waals surface area (Å²) in [4.78, 5) is 0. The molecular formula is C18H23NO. The van der Waals surface area contributed by atoms with Crippen LogP contribution in [0.2, 0.25) is 0 Å². The van der Waals surface area contributed by atoms with Crippen LogP contribution in [0.25, 0.3) is 0 Å². The van der Waals surface area contributed by atoms with Crippen molar-refractivity contribution >= 4 is 0 Å². The van der Waals surface area contributed by atoms with E-state index in [1.807, 2.05) is 6.07 Å². The molecule has 20 heavy (non-hydrogen) atoms. The molecule has 2 rings (SSSR count). The van der Waals surface area contributed by atoms with E-state index in [4.69, 9.17) is 4.74 Å². The van der Waals surface area contributed by atoms with E-state index in [0.717, 1.165) is 39.1 Å². The molecule has 0 aliphatic rings. The number of rotatable bonds is 9. The quantitative estimate of drug-likeness (QED) is 0.704. The first kappa shape index (κ1) is 14.8. The molecule has 0 bridgehead atoms. The van der Waals surface area contributed by atoms with Crippen LogP contribution >= 0.6 is 0 Å². The number of hydrogen-bond acceptors (Lipinski definition) is 2. The molecule has 0 atom stereocenters. The van der Waals surface area contributed by atoms with Crippen molar-refractivity contribution in [3.8, 4) is 0 Å². The van der Waals surface area contributed by atoms with Crippen molar-refractivity contribution < 1.29 is 4.74 Å². The molecule has 1 N–H and O–H groups in total. The maximum atomic E-state index is 5.63. The summed E-state index contributed by atoms with van der Waals surface area (Å²) in [5.41, 5.74) is 2.70. The van der Waals surface area contributed by atoms with Crippen LogP contribution in [0.5, 0.6) is 0 Å². The molecule has 2 nitrogen and oxygen atoms in total. The monoisotopic (exact) mass is 269 g/mol. The third kappa shape index (κ3) is 6.00. The number of aryl methyl sites for hydroxylation is 1. The molecule has 0 saturated carbocycles. The van der Waals surface area contributed by atoms with Gasteiger partial charge in [0.25, 0.3) is 0 Å². The molecular weight excluding hydrogens is 246 g/mol. The Balaban J connectivity index is 1.44. The first-order valence-electron chi connectivity index (χ1n) is 7.31. The second-order valence-electron chi connectivity index (χ2n) is 4.86. The van der Waals surface area contributed by atoms with Crippen LogP contribution in [0.1, 0.15) is 17.5 Å². The Morgan fingerprint density at radius 2 is 1.40 bits per heavy atom. The fraction of sp³-hybridized carbons (Fsp3) is 0.333. The highest BCUT2D eigenvalue weighted by Gasteiger charge is 1.94. The van der Waals surface area contributed by atoms with E-state index in [2.05, 4.69) is 59.9 Å². The average molecular weight is 269 g/mol. The van der Waals surface area contributed by atoms with Crippen LogP contribution in [0.15, 0.2) is 60.7 Å². The maximum absolute atomic E-state index is 5.63. The lowest BCUT2D eigenvalue weighted by Gasteiger charge is -2.06. The Hall–Kier alpha value is -1.64. The van der Waals surface area contributed by atoms with Crippen LogP contribution in [-0.4, -0.2) is 19.8 Å². The standard InChI is InChI=1S/C18H23NO/c1-3-8-17(9-4-1)12-7-14-20-15-13-19-16-18-10-5-2-6-11-18/h1-6,8-11,19H,7,12-16H2. The van der Waals surface area contributed by atoms with Gasteiger partial charge in [0.2, 0.25) is 0 Å². The minimum absolute atomic E-state index is 0.779. The molecule has 106 valence electrons. The third-order valence-electron chi connectivity index (χ3n) is 3.19. The van der Waals surface area contributed by atoms with Gasteiger partial charge in [-0.1, -0.05) is 60.7 Å². The predicted octanol–water partition coefficient (Wildman–Crippen LogP) is 3.43. The number of hydrogen-bond donors (Lipinski definition) is 1. The number of ether oxygens (including phenoxy) is 1. The Morgan fingerprint density at radius 3 is 2.10 bits per heavy atom. The molecule has 0 heterocycles. The van der Waals surface area contributed by atoms with Crippen LogP contribution < -0.4 is 5.32 Å². The summed E-state index contributed by atoms with van der Waals surface area (Å²) in [5.74, 6) is 0. The highest BCUT2D eigenvalue weighted by atomic mass is 16.5. The summed E-state index contributed by atoms with van der Waals surface area (Å²) in [6.07, 6.45) is 2.18. The zero-order chi connectivity index (χ0) is 13.9. The Morgan fingerprint density at radius 1 is 0.750 bits per heavy atom. The zero-order valence-corrected chi connectivity index (χ0v) is 11.9. The van der Waals surface area contributed by atoms with Crippen LogP contribution in [0, 0.1) is 0 Å². The van der Waals surface area contributed by atoms with E-state index in [1.165, 1.54) is 11.1 Å². The van der Waals surface area contributed by atoms with Gasteiger partial charge < -0.3 is 10.1 Å². The zero-order valence-electron chi connectivity index (χ0n) is 11.9. The molecule has 0 saturated heterocycles. The fourth-order valence-corrected chi connectivity index (χ4v) is 2.10. The topological polar surface area (TPSA) is 21.3 Å². The van der Waals surface area contributed by atoms with Crippen molar-refractivity contribution in [2.75, 3.05) is 19.8 Å². The molecule has 2 heteroatoms. The van der Waals surface area contributed by atoms with Gasteiger partial charge in [-0.25, -0.2) is 0 Å². The van der Waals surface area contributed by atoms with E-state index in [1.54, 1.807) is 0 Å². The van der Waals surface area contributed by atoms with Gasteiger partial charge >= 0.3 is 0 Å². The van der Waals surface area contributed by atoms with Crippen molar-refractivity contribution in [1.82, 2.24) is 5.32 Å². The van der Waals surface area contributed by atoms with Gasteiger partial charge in [-0.15, -0.1) is 0 Å². The van der Waals surface area contributed by atoms with E-state index in [9.17, 15) is 0 Å². The summed E-state index contributed by atoms with van der Waals surface area (Å²) >= 11 is 0. The first-order valence-corrected chi connectivity index (χ1v) is 7.31. The Labute approximate surface area is 121 Å². The van der Waals surface area contributed by atoms with Gasteiger partial charge in [-0.3, -0.25) is 0 Å². The van der Waals surface area contributed by atoms with Gasteiger partial charge in [0.05, 0.1) is 6.61 Å². The summed E-state index contributed by atoms with van der Waals surface area (Å²) < 4.78 is 5.63. The molecule has 0 aliphatic heterocycles. The highest BCUT2D eigenvalue weighted by molar-refractivity contribution is 5.15. The van der Waals surface area contributed by atoms with E-state index >= 15 is 0 Å². The van der Waals surface area contributed by atoms with Crippen molar-refractivity contribution in [2.45, 2.75) is 19.4 Å². The Bertz CT molecular complexity index is 410. The molecule has 0 amide bonds. The molecule has 2 aromatic rings. The fourth-order valence-electron chi connectivity index (χ4n) is 2.10. The third-order valence-corrected chi connectivity index (χ3v) is 3.19. The largest absolute Gasteiger partial charge is 0.380 e. The minimum atomic E-state index is 0.779. The minimum Gasteiger partial charge on any atom is -0.380 e. The second kappa shape index (κ2) is 9.29. The molecule has 0 aromatic heterocycles. The normalized spacial score (nSPS) is 10.6. The maximum Gasteiger partial charge on any atom is 0.0591 e. The lowest BCUT2D eigenvalue weighted by Crippen LogP contribution is -2.19. The van der Waals surface area contributed by atoms with Gasteiger partial charge in [0.1, 0.15) is 0 Å². The molecule has 0 aliphatic carbocycles. The Kier molecular flexibility index (Phi) is 6.86. The summed E-state index contributed by atoms with van der Waals surface area (Å²) in [6.45, 7) is 3.43. The highest BCUT2D eigenvalue weighted by Crippen LogP contribution is 2.02. The lowest BCUT2D eigenvalue weighted by molar-refractivity contribution is 0.133. The van der Waals surface area contributed by atoms with Gasteiger partial charge in [-0.05, 0) is 24.0 Å². The van der Waals surface area contributed by atoms with E-state index in [-0.39, 0.29) is 0 Å². The molecule has 0 fully saturated rings. The average Bonchev–Trinajstić information content (AvgIpc) is 2.52. The van der Waals surface area contributed by atoms with Crippen molar-refractivity contribution in [1.29, 1.82) is 0 Å². The molecule has 0 unspecified atom stereocenters. The summed E-state index contributed by atoms with van der Waals surface area (Å²) in [7, 11) is 0. The predicted molar refractivity (Wildman–Crippen MR) is 83.7 cm³/mol.